The van der Waals surface area contributed by atoms with Gasteiger partial charge in [0.15, 0.2) is 5.65 Å². The summed E-state index contributed by atoms with van der Waals surface area (Å²) in [6.45, 7) is 8.64. The average Bonchev–Trinajstić information content (AvgIpc) is 2.81. The summed E-state index contributed by atoms with van der Waals surface area (Å²) in [6, 6.07) is 2.01. The van der Waals surface area contributed by atoms with Crippen molar-refractivity contribution < 1.29 is 0 Å². The Morgan fingerprint density at radius 3 is 2.40 bits per heavy atom. The van der Waals surface area contributed by atoms with E-state index in [1.807, 2.05) is 19.2 Å². The van der Waals surface area contributed by atoms with Gasteiger partial charge in [-0.05, 0) is 48.2 Å². The lowest BCUT2D eigenvalue weighted by atomic mass is 9.89. The molecule has 0 aromatic carbocycles. The first-order valence-corrected chi connectivity index (χ1v) is 8.40. The van der Waals surface area contributed by atoms with E-state index in [1.165, 1.54) is 0 Å². The Balaban J connectivity index is 2.80. The van der Waals surface area contributed by atoms with Gasteiger partial charge in [0.2, 0.25) is 0 Å². The zero-order valence-electron chi connectivity index (χ0n) is 12.5. The molecular weight excluding hydrogens is 338 g/mol. The molecule has 0 saturated heterocycles. The van der Waals surface area contributed by atoms with E-state index in [4.69, 9.17) is 16.6 Å². The lowest BCUT2D eigenvalue weighted by molar-refractivity contribution is 0.249. The van der Waals surface area contributed by atoms with E-state index in [0.29, 0.717) is 0 Å². The molecule has 1 atom stereocenters. The predicted molar refractivity (Wildman–Crippen MR) is 88.3 cm³/mol. The summed E-state index contributed by atoms with van der Waals surface area (Å²) < 4.78 is 3.21. The highest BCUT2D eigenvalue weighted by Crippen LogP contribution is 2.37. The number of fused-ring (bicyclic) bond motifs is 1. The molecule has 110 valence electrons. The van der Waals surface area contributed by atoms with E-state index in [-0.39, 0.29) is 10.9 Å². The van der Waals surface area contributed by atoms with Crippen molar-refractivity contribution in [2.24, 2.45) is 0 Å². The van der Waals surface area contributed by atoms with Crippen LogP contribution in [0.2, 0.25) is 0 Å². The van der Waals surface area contributed by atoms with Crippen molar-refractivity contribution in [3.8, 4) is 0 Å². The highest BCUT2D eigenvalue weighted by molar-refractivity contribution is 9.10. The summed E-state index contributed by atoms with van der Waals surface area (Å²) in [4.78, 5) is 9.31. The van der Waals surface area contributed by atoms with E-state index < -0.39 is 0 Å². The largest absolute Gasteiger partial charge is 0.305 e. The van der Waals surface area contributed by atoms with Crippen LogP contribution in [0.1, 0.15) is 58.2 Å². The highest BCUT2D eigenvalue weighted by Gasteiger charge is 2.32. The van der Waals surface area contributed by atoms with Crippen molar-refractivity contribution in [3.63, 3.8) is 0 Å². The van der Waals surface area contributed by atoms with Crippen LogP contribution in [-0.4, -0.2) is 14.5 Å². The van der Waals surface area contributed by atoms with Crippen molar-refractivity contribution in [3.05, 3.63) is 22.6 Å². The maximum absolute atomic E-state index is 6.37. The summed E-state index contributed by atoms with van der Waals surface area (Å²) >= 11 is 9.83. The molecule has 0 spiro atoms. The van der Waals surface area contributed by atoms with Gasteiger partial charge >= 0.3 is 0 Å². The van der Waals surface area contributed by atoms with Gasteiger partial charge in [0, 0.05) is 16.2 Å². The Labute approximate surface area is 133 Å². The number of hydrogen-bond acceptors (Lipinski definition) is 2. The van der Waals surface area contributed by atoms with Crippen LogP contribution in [0.25, 0.3) is 11.2 Å². The van der Waals surface area contributed by atoms with Crippen molar-refractivity contribution in [2.75, 3.05) is 0 Å². The number of imidazole rings is 1. The van der Waals surface area contributed by atoms with Gasteiger partial charge in [-0.3, -0.25) is 0 Å². The van der Waals surface area contributed by atoms with E-state index in [0.717, 1.165) is 40.7 Å². The maximum atomic E-state index is 6.37. The zero-order chi connectivity index (χ0) is 14.9. The van der Waals surface area contributed by atoms with Crippen LogP contribution < -0.4 is 0 Å². The quantitative estimate of drug-likeness (QED) is 0.668. The fraction of sp³-hybridized carbons (Fsp3) is 0.600. The van der Waals surface area contributed by atoms with E-state index in [1.54, 1.807) is 0 Å². The van der Waals surface area contributed by atoms with E-state index >= 15 is 0 Å². The molecule has 0 fully saturated rings. The molecular formula is C15H21BrClN3. The van der Waals surface area contributed by atoms with Crippen molar-refractivity contribution in [2.45, 2.75) is 57.9 Å². The minimum absolute atomic E-state index is 0.0358. The Morgan fingerprint density at radius 2 is 1.90 bits per heavy atom. The average molecular weight is 359 g/mol. The van der Waals surface area contributed by atoms with Crippen LogP contribution in [0.5, 0.6) is 0 Å². The second-order valence-corrected chi connectivity index (χ2v) is 6.77. The van der Waals surface area contributed by atoms with Crippen LogP contribution in [0.4, 0.5) is 0 Å². The third-order valence-electron chi connectivity index (χ3n) is 4.29. The fourth-order valence-electron chi connectivity index (χ4n) is 2.92. The molecule has 0 radical (unpaired) electrons. The number of hydrogen-bond donors (Lipinski definition) is 0. The minimum atomic E-state index is -0.132. The Kier molecular flexibility index (Phi) is 4.75. The highest BCUT2D eigenvalue weighted by atomic mass is 79.9. The summed E-state index contributed by atoms with van der Waals surface area (Å²) in [7, 11) is 0. The number of alkyl halides is 1. The van der Waals surface area contributed by atoms with Gasteiger partial charge in [0.1, 0.15) is 11.3 Å². The number of nitrogens with zero attached hydrogens (tertiary/aromatic N) is 3. The molecule has 0 bridgehead atoms. The first-order chi connectivity index (χ1) is 9.49. The van der Waals surface area contributed by atoms with Gasteiger partial charge in [-0.1, -0.05) is 20.8 Å². The Bertz CT molecular complexity index is 594. The van der Waals surface area contributed by atoms with Crippen molar-refractivity contribution in [1.82, 2.24) is 14.5 Å². The van der Waals surface area contributed by atoms with E-state index in [9.17, 15) is 0 Å². The molecule has 0 N–H and O–H groups in total. The van der Waals surface area contributed by atoms with Crippen LogP contribution in [-0.2, 0) is 5.54 Å². The van der Waals surface area contributed by atoms with Crippen LogP contribution >= 0.6 is 27.5 Å². The van der Waals surface area contributed by atoms with Crippen LogP contribution in [0.15, 0.2) is 16.7 Å². The van der Waals surface area contributed by atoms with Gasteiger partial charge < -0.3 is 4.57 Å². The monoisotopic (exact) mass is 357 g/mol. The molecule has 0 aliphatic carbocycles. The lowest BCUT2D eigenvalue weighted by Gasteiger charge is -2.34. The first kappa shape index (κ1) is 15.8. The van der Waals surface area contributed by atoms with Gasteiger partial charge in [0.05, 0.1) is 5.38 Å². The second-order valence-electron chi connectivity index (χ2n) is 5.20. The standard InChI is InChI=1S/C15H21BrClN3/c1-5-15(6-2,7-3)20-13(10(4)17)19-12-8-11(16)9-18-14(12)20/h8-10H,5-7H2,1-4H3. The van der Waals surface area contributed by atoms with Gasteiger partial charge in [0.25, 0.3) is 0 Å². The second kappa shape index (κ2) is 6.02. The number of halogens is 2. The number of pyridine rings is 1. The summed E-state index contributed by atoms with van der Waals surface area (Å²) in [6.07, 6.45) is 4.95. The summed E-state index contributed by atoms with van der Waals surface area (Å²) in [5, 5.41) is -0.132. The number of rotatable bonds is 5. The lowest BCUT2D eigenvalue weighted by Crippen LogP contribution is -2.33. The summed E-state index contributed by atoms with van der Waals surface area (Å²) in [5.41, 5.74) is 1.87. The fourth-order valence-corrected chi connectivity index (χ4v) is 3.38. The molecule has 20 heavy (non-hydrogen) atoms. The molecule has 5 heteroatoms. The number of aromatic nitrogens is 3. The minimum Gasteiger partial charge on any atom is -0.305 e. The third-order valence-corrected chi connectivity index (χ3v) is 4.92. The van der Waals surface area contributed by atoms with Crippen molar-refractivity contribution in [1.29, 1.82) is 0 Å². The molecule has 2 rings (SSSR count). The molecule has 0 amide bonds. The van der Waals surface area contributed by atoms with Gasteiger partial charge in [-0.15, -0.1) is 11.6 Å². The molecule has 0 aliphatic heterocycles. The normalized spacial score (nSPS) is 13.9. The molecule has 0 saturated carbocycles. The zero-order valence-corrected chi connectivity index (χ0v) is 14.8. The Hall–Kier alpha value is -0.610. The molecule has 1 unspecified atom stereocenters. The molecule has 2 aromatic heterocycles. The van der Waals surface area contributed by atoms with Gasteiger partial charge in [-0.25, -0.2) is 9.97 Å². The SMILES string of the molecule is CCC(CC)(CC)n1c(C(C)Cl)nc2cc(Br)cnc21. The molecule has 2 heterocycles. The van der Waals surface area contributed by atoms with Crippen molar-refractivity contribution >= 4 is 38.7 Å². The topological polar surface area (TPSA) is 30.7 Å². The molecule has 0 aliphatic rings. The first-order valence-electron chi connectivity index (χ1n) is 7.17. The van der Waals surface area contributed by atoms with Crippen LogP contribution in [0.3, 0.4) is 0 Å². The summed E-state index contributed by atoms with van der Waals surface area (Å²) in [5.74, 6) is 0.915. The van der Waals surface area contributed by atoms with E-state index in [2.05, 4.69) is 46.3 Å². The molecule has 2 aromatic rings. The third kappa shape index (κ3) is 2.48. The Morgan fingerprint density at radius 1 is 1.30 bits per heavy atom. The molecule has 3 nitrogen and oxygen atoms in total. The van der Waals surface area contributed by atoms with Gasteiger partial charge in [-0.2, -0.15) is 0 Å². The maximum Gasteiger partial charge on any atom is 0.160 e. The van der Waals surface area contributed by atoms with Crippen LogP contribution in [0, 0.1) is 0 Å². The smallest absolute Gasteiger partial charge is 0.160 e. The predicted octanol–water partition coefficient (Wildman–Crippen LogP) is 5.42.